The summed E-state index contributed by atoms with van der Waals surface area (Å²) in [6, 6.07) is 9.70. The van der Waals surface area contributed by atoms with Gasteiger partial charge in [-0.05, 0) is 55.6 Å². The Morgan fingerprint density at radius 3 is 3.00 bits per heavy atom. The SMILES string of the molecule is CNC(C)c1ccc(F)c(C2CCc3cccnc32)c1. The summed E-state index contributed by atoms with van der Waals surface area (Å²) >= 11 is 0. The first kappa shape index (κ1) is 13.3. The highest BCUT2D eigenvalue weighted by Crippen LogP contribution is 2.38. The molecular formula is C17H19FN2. The third-order valence-corrected chi connectivity index (χ3v) is 4.29. The predicted molar refractivity (Wildman–Crippen MR) is 78.3 cm³/mol. The van der Waals surface area contributed by atoms with Gasteiger partial charge in [-0.1, -0.05) is 18.2 Å². The zero-order valence-corrected chi connectivity index (χ0v) is 11.9. The Labute approximate surface area is 119 Å². The molecule has 2 nitrogen and oxygen atoms in total. The van der Waals surface area contributed by atoms with Gasteiger partial charge in [0, 0.05) is 18.2 Å². The number of hydrogen-bond donors (Lipinski definition) is 1. The minimum atomic E-state index is -0.124. The Hall–Kier alpha value is -1.74. The van der Waals surface area contributed by atoms with Gasteiger partial charge in [0.05, 0.1) is 5.69 Å². The molecule has 1 aliphatic rings. The van der Waals surface area contributed by atoms with Crippen LogP contribution in [-0.4, -0.2) is 12.0 Å². The van der Waals surface area contributed by atoms with Crippen LogP contribution in [0.15, 0.2) is 36.5 Å². The molecule has 1 N–H and O–H groups in total. The minimum absolute atomic E-state index is 0.0928. The van der Waals surface area contributed by atoms with E-state index in [0.717, 1.165) is 29.7 Å². The van der Waals surface area contributed by atoms with Crippen LogP contribution in [0.1, 0.15) is 47.7 Å². The normalized spacial score (nSPS) is 18.9. The number of halogens is 1. The summed E-state index contributed by atoms with van der Waals surface area (Å²) in [7, 11) is 1.92. The Morgan fingerprint density at radius 1 is 1.35 bits per heavy atom. The highest BCUT2D eigenvalue weighted by atomic mass is 19.1. The largest absolute Gasteiger partial charge is 0.313 e. The van der Waals surface area contributed by atoms with Gasteiger partial charge >= 0.3 is 0 Å². The lowest BCUT2D eigenvalue weighted by Crippen LogP contribution is -2.13. The molecule has 3 heteroatoms. The van der Waals surface area contributed by atoms with Crippen LogP contribution in [0.4, 0.5) is 4.39 Å². The lowest BCUT2D eigenvalue weighted by molar-refractivity contribution is 0.585. The number of benzene rings is 1. The monoisotopic (exact) mass is 270 g/mol. The maximum atomic E-state index is 14.2. The van der Waals surface area contributed by atoms with E-state index in [0.29, 0.717) is 0 Å². The average Bonchev–Trinajstić information content (AvgIpc) is 2.91. The highest BCUT2D eigenvalue weighted by Gasteiger charge is 2.27. The van der Waals surface area contributed by atoms with Crippen molar-refractivity contribution in [2.24, 2.45) is 0 Å². The fourth-order valence-corrected chi connectivity index (χ4v) is 2.98. The molecule has 0 aliphatic heterocycles. The summed E-state index contributed by atoms with van der Waals surface area (Å²) in [5.41, 5.74) is 4.19. The number of nitrogens with zero attached hydrogens (tertiary/aromatic N) is 1. The van der Waals surface area contributed by atoms with Crippen LogP contribution in [0.3, 0.4) is 0 Å². The van der Waals surface area contributed by atoms with Gasteiger partial charge in [-0.15, -0.1) is 0 Å². The number of aromatic nitrogens is 1. The third-order valence-electron chi connectivity index (χ3n) is 4.29. The molecule has 0 bridgehead atoms. The summed E-state index contributed by atoms with van der Waals surface area (Å²) in [5.74, 6) is -0.0317. The van der Waals surface area contributed by atoms with Crippen molar-refractivity contribution in [1.29, 1.82) is 0 Å². The van der Waals surface area contributed by atoms with Gasteiger partial charge in [-0.25, -0.2) is 4.39 Å². The van der Waals surface area contributed by atoms with E-state index in [4.69, 9.17) is 0 Å². The van der Waals surface area contributed by atoms with Crippen molar-refractivity contribution in [3.05, 3.63) is 64.7 Å². The van der Waals surface area contributed by atoms with Gasteiger partial charge in [0.2, 0.25) is 0 Å². The van der Waals surface area contributed by atoms with Gasteiger partial charge in [0.15, 0.2) is 0 Å². The maximum Gasteiger partial charge on any atom is 0.127 e. The minimum Gasteiger partial charge on any atom is -0.313 e. The van der Waals surface area contributed by atoms with Crippen LogP contribution in [0.2, 0.25) is 0 Å². The van der Waals surface area contributed by atoms with Crippen molar-refractivity contribution in [3.8, 4) is 0 Å². The predicted octanol–water partition coefficient (Wildman–Crippen LogP) is 3.58. The number of aryl methyl sites for hydroxylation is 1. The second kappa shape index (κ2) is 5.33. The van der Waals surface area contributed by atoms with Gasteiger partial charge < -0.3 is 5.32 Å². The molecular weight excluding hydrogens is 251 g/mol. The highest BCUT2D eigenvalue weighted by molar-refractivity contribution is 5.40. The molecule has 0 amide bonds. The van der Waals surface area contributed by atoms with Crippen molar-refractivity contribution in [1.82, 2.24) is 10.3 Å². The molecule has 0 fully saturated rings. The molecule has 20 heavy (non-hydrogen) atoms. The number of fused-ring (bicyclic) bond motifs is 1. The van der Waals surface area contributed by atoms with E-state index in [1.165, 1.54) is 5.56 Å². The van der Waals surface area contributed by atoms with Gasteiger partial charge in [0.1, 0.15) is 5.82 Å². The molecule has 2 atom stereocenters. The van der Waals surface area contributed by atoms with Gasteiger partial charge in [-0.3, -0.25) is 4.98 Å². The van der Waals surface area contributed by atoms with Crippen LogP contribution < -0.4 is 5.32 Å². The first-order chi connectivity index (χ1) is 9.70. The molecule has 0 saturated carbocycles. The van der Waals surface area contributed by atoms with E-state index in [9.17, 15) is 4.39 Å². The molecule has 0 spiro atoms. The van der Waals surface area contributed by atoms with E-state index in [-0.39, 0.29) is 17.8 Å². The second-order valence-corrected chi connectivity index (χ2v) is 5.43. The Morgan fingerprint density at radius 2 is 2.20 bits per heavy atom. The summed E-state index contributed by atoms with van der Waals surface area (Å²) in [4.78, 5) is 4.47. The van der Waals surface area contributed by atoms with Crippen LogP contribution in [0.5, 0.6) is 0 Å². The summed E-state index contributed by atoms with van der Waals surface area (Å²) in [6.45, 7) is 2.08. The number of nitrogens with one attached hydrogen (secondary N) is 1. The zero-order chi connectivity index (χ0) is 14.1. The summed E-state index contributed by atoms with van der Waals surface area (Å²) in [6.07, 6.45) is 3.73. The van der Waals surface area contributed by atoms with E-state index < -0.39 is 0 Å². The first-order valence-electron chi connectivity index (χ1n) is 7.11. The fraction of sp³-hybridized carbons (Fsp3) is 0.353. The Kier molecular flexibility index (Phi) is 3.53. The molecule has 1 aliphatic carbocycles. The Balaban J connectivity index is 2.03. The number of hydrogen-bond acceptors (Lipinski definition) is 2. The molecule has 1 aromatic heterocycles. The number of pyridine rings is 1. The average molecular weight is 270 g/mol. The van der Waals surface area contributed by atoms with Crippen molar-refractivity contribution in [2.45, 2.75) is 31.7 Å². The van der Waals surface area contributed by atoms with E-state index in [2.05, 4.69) is 23.3 Å². The van der Waals surface area contributed by atoms with Crippen LogP contribution >= 0.6 is 0 Å². The third kappa shape index (κ3) is 2.22. The molecule has 2 unspecified atom stereocenters. The maximum absolute atomic E-state index is 14.2. The van der Waals surface area contributed by atoms with Crippen molar-refractivity contribution in [2.75, 3.05) is 7.05 Å². The van der Waals surface area contributed by atoms with Gasteiger partial charge in [0.25, 0.3) is 0 Å². The lowest BCUT2D eigenvalue weighted by atomic mass is 9.93. The molecule has 0 radical (unpaired) electrons. The summed E-state index contributed by atoms with van der Waals surface area (Å²) in [5, 5.41) is 3.20. The second-order valence-electron chi connectivity index (χ2n) is 5.43. The smallest absolute Gasteiger partial charge is 0.127 e. The molecule has 0 saturated heterocycles. The lowest BCUT2D eigenvalue weighted by Gasteiger charge is -2.16. The Bertz CT molecular complexity index is 624. The molecule has 1 aromatic carbocycles. The van der Waals surface area contributed by atoms with Crippen molar-refractivity contribution >= 4 is 0 Å². The zero-order valence-electron chi connectivity index (χ0n) is 11.9. The molecule has 1 heterocycles. The van der Waals surface area contributed by atoms with Crippen molar-refractivity contribution < 1.29 is 4.39 Å². The standard InChI is InChI=1S/C17H19FN2/c1-11(19-2)13-6-8-16(18)15(10-13)14-7-5-12-4-3-9-20-17(12)14/h3-4,6,8-11,14,19H,5,7H2,1-2H3. The molecule has 3 rings (SSSR count). The van der Waals surface area contributed by atoms with Crippen LogP contribution in [-0.2, 0) is 6.42 Å². The van der Waals surface area contributed by atoms with E-state index >= 15 is 0 Å². The van der Waals surface area contributed by atoms with Crippen molar-refractivity contribution in [3.63, 3.8) is 0 Å². The van der Waals surface area contributed by atoms with E-state index in [1.807, 2.05) is 25.2 Å². The topological polar surface area (TPSA) is 24.9 Å². The number of rotatable bonds is 3. The molecule has 2 aromatic rings. The van der Waals surface area contributed by atoms with Crippen LogP contribution in [0.25, 0.3) is 0 Å². The fourth-order valence-electron chi connectivity index (χ4n) is 2.98. The van der Waals surface area contributed by atoms with Gasteiger partial charge in [-0.2, -0.15) is 0 Å². The quantitative estimate of drug-likeness (QED) is 0.922. The first-order valence-corrected chi connectivity index (χ1v) is 7.11. The summed E-state index contributed by atoms with van der Waals surface area (Å²) < 4.78 is 14.2. The van der Waals surface area contributed by atoms with Crippen LogP contribution in [0, 0.1) is 5.82 Å². The van der Waals surface area contributed by atoms with E-state index in [1.54, 1.807) is 12.3 Å². The molecule has 104 valence electrons.